The molecule has 1 heterocycles. The molecule has 3 aromatic rings. The Morgan fingerprint density at radius 1 is 0.857 bits per heavy atom. The van der Waals surface area contributed by atoms with E-state index in [0.717, 1.165) is 43.0 Å². The van der Waals surface area contributed by atoms with Gasteiger partial charge in [-0.2, -0.15) is 0 Å². The van der Waals surface area contributed by atoms with Crippen molar-refractivity contribution in [2.75, 3.05) is 44.2 Å². The molecule has 1 fully saturated rings. The van der Waals surface area contributed by atoms with Crippen molar-refractivity contribution in [1.29, 1.82) is 0 Å². The first kappa shape index (κ1) is 18.6. The fourth-order valence-electron chi connectivity index (χ4n) is 3.65. The van der Waals surface area contributed by atoms with Crippen LogP contribution in [-0.4, -0.2) is 60.5 Å². The fraction of sp³-hybridized carbons (Fsp3) is 0.304. The molecule has 3 aromatic carbocycles. The van der Waals surface area contributed by atoms with Crippen LogP contribution in [0.25, 0.3) is 10.8 Å². The molecule has 0 bridgehead atoms. The van der Waals surface area contributed by atoms with Crippen molar-refractivity contribution in [1.82, 2.24) is 4.90 Å². The zero-order chi connectivity index (χ0) is 19.3. The van der Waals surface area contributed by atoms with E-state index in [0.29, 0.717) is 6.54 Å². The maximum Gasteiger partial charge on any atom is 0.120 e. The predicted molar refractivity (Wildman–Crippen MR) is 112 cm³/mol. The van der Waals surface area contributed by atoms with Crippen molar-refractivity contribution in [2.24, 2.45) is 0 Å². The number of anilines is 1. The molecule has 0 aromatic heterocycles. The standard InChI is InChI=1S/C23H26N2O3/c26-21-8-6-20(7-9-21)25-13-11-24(12-14-25)16-22(27)17-28-23-10-5-18-3-1-2-4-19(18)15-23/h1-10,15,22,26-27H,11-14,16-17H2/t22-/m1/s1. The number of ether oxygens (including phenoxy) is 1. The molecule has 1 aliphatic heterocycles. The van der Waals surface area contributed by atoms with Gasteiger partial charge in [0.1, 0.15) is 24.2 Å². The minimum atomic E-state index is -0.522. The lowest BCUT2D eigenvalue weighted by molar-refractivity contribution is 0.0663. The van der Waals surface area contributed by atoms with E-state index >= 15 is 0 Å². The third-order valence-corrected chi connectivity index (χ3v) is 5.22. The molecule has 0 saturated carbocycles. The molecular weight excluding hydrogens is 352 g/mol. The van der Waals surface area contributed by atoms with Crippen LogP contribution in [0.3, 0.4) is 0 Å². The summed E-state index contributed by atoms with van der Waals surface area (Å²) < 4.78 is 5.81. The van der Waals surface area contributed by atoms with E-state index in [-0.39, 0.29) is 12.4 Å². The summed E-state index contributed by atoms with van der Waals surface area (Å²) in [5.41, 5.74) is 1.12. The number of aliphatic hydroxyl groups is 1. The molecule has 0 radical (unpaired) electrons. The van der Waals surface area contributed by atoms with Crippen molar-refractivity contribution in [3.8, 4) is 11.5 Å². The summed E-state index contributed by atoms with van der Waals surface area (Å²) in [6.45, 7) is 4.50. The minimum absolute atomic E-state index is 0.288. The number of piperazine rings is 1. The van der Waals surface area contributed by atoms with Crippen LogP contribution in [0.5, 0.6) is 11.5 Å². The molecular formula is C23H26N2O3. The summed E-state index contributed by atoms with van der Waals surface area (Å²) in [7, 11) is 0. The lowest BCUT2D eigenvalue weighted by Gasteiger charge is -2.36. The second kappa shape index (κ2) is 8.50. The van der Waals surface area contributed by atoms with Crippen LogP contribution in [0, 0.1) is 0 Å². The van der Waals surface area contributed by atoms with Crippen LogP contribution >= 0.6 is 0 Å². The second-order valence-electron chi connectivity index (χ2n) is 7.28. The van der Waals surface area contributed by atoms with E-state index in [4.69, 9.17) is 4.74 Å². The largest absolute Gasteiger partial charge is 0.508 e. The van der Waals surface area contributed by atoms with Gasteiger partial charge in [0.15, 0.2) is 0 Å². The van der Waals surface area contributed by atoms with Gasteiger partial charge < -0.3 is 19.8 Å². The van der Waals surface area contributed by atoms with Crippen molar-refractivity contribution < 1.29 is 14.9 Å². The Hall–Kier alpha value is -2.76. The van der Waals surface area contributed by atoms with Gasteiger partial charge in [0.25, 0.3) is 0 Å². The zero-order valence-electron chi connectivity index (χ0n) is 15.9. The van der Waals surface area contributed by atoms with Gasteiger partial charge in [0.2, 0.25) is 0 Å². The van der Waals surface area contributed by atoms with Gasteiger partial charge in [-0.05, 0) is 47.2 Å². The van der Waals surface area contributed by atoms with Gasteiger partial charge >= 0.3 is 0 Å². The van der Waals surface area contributed by atoms with Crippen LogP contribution in [0.15, 0.2) is 66.7 Å². The van der Waals surface area contributed by atoms with Crippen LogP contribution in [-0.2, 0) is 0 Å². The van der Waals surface area contributed by atoms with Crippen LogP contribution in [0.2, 0.25) is 0 Å². The highest BCUT2D eigenvalue weighted by Gasteiger charge is 2.19. The van der Waals surface area contributed by atoms with E-state index in [1.807, 2.05) is 42.5 Å². The average Bonchev–Trinajstić information content (AvgIpc) is 2.73. The van der Waals surface area contributed by atoms with Crippen molar-refractivity contribution in [2.45, 2.75) is 6.10 Å². The summed E-state index contributed by atoms with van der Waals surface area (Å²) in [6.07, 6.45) is -0.522. The molecule has 1 atom stereocenters. The normalized spacial score (nSPS) is 16.2. The Morgan fingerprint density at radius 2 is 1.57 bits per heavy atom. The Balaban J connectivity index is 1.24. The molecule has 146 valence electrons. The number of aliphatic hydroxyl groups excluding tert-OH is 1. The number of hydrogen-bond donors (Lipinski definition) is 2. The van der Waals surface area contributed by atoms with E-state index in [1.165, 1.54) is 5.39 Å². The first-order valence-electron chi connectivity index (χ1n) is 9.73. The van der Waals surface area contributed by atoms with E-state index < -0.39 is 6.10 Å². The number of β-amino-alcohol motifs (C(OH)–C–C–N with tert-alkyl or cyclic N) is 1. The summed E-state index contributed by atoms with van der Waals surface area (Å²) in [4.78, 5) is 4.57. The Labute approximate surface area is 165 Å². The monoisotopic (exact) mass is 378 g/mol. The predicted octanol–water partition coefficient (Wildman–Crippen LogP) is 3.11. The van der Waals surface area contributed by atoms with Gasteiger partial charge in [0.05, 0.1) is 0 Å². The minimum Gasteiger partial charge on any atom is -0.508 e. The quantitative estimate of drug-likeness (QED) is 0.690. The lowest BCUT2D eigenvalue weighted by Crippen LogP contribution is -2.49. The Morgan fingerprint density at radius 3 is 2.32 bits per heavy atom. The van der Waals surface area contributed by atoms with Gasteiger partial charge in [-0.3, -0.25) is 4.90 Å². The topological polar surface area (TPSA) is 56.2 Å². The molecule has 1 aliphatic rings. The van der Waals surface area contributed by atoms with Gasteiger partial charge in [0, 0.05) is 38.4 Å². The van der Waals surface area contributed by atoms with Crippen LogP contribution in [0.1, 0.15) is 0 Å². The maximum absolute atomic E-state index is 10.4. The number of phenols is 1. The molecule has 0 spiro atoms. The summed E-state index contributed by atoms with van der Waals surface area (Å²) in [6, 6.07) is 21.5. The molecule has 0 unspecified atom stereocenters. The van der Waals surface area contributed by atoms with Crippen molar-refractivity contribution in [3.05, 3.63) is 66.7 Å². The Bertz CT molecular complexity index is 905. The third kappa shape index (κ3) is 4.55. The number of phenolic OH excluding ortho intramolecular Hbond substituents is 1. The smallest absolute Gasteiger partial charge is 0.120 e. The fourth-order valence-corrected chi connectivity index (χ4v) is 3.65. The van der Waals surface area contributed by atoms with Crippen molar-refractivity contribution >= 4 is 16.5 Å². The molecule has 5 nitrogen and oxygen atoms in total. The highest BCUT2D eigenvalue weighted by atomic mass is 16.5. The van der Waals surface area contributed by atoms with E-state index in [9.17, 15) is 10.2 Å². The molecule has 0 amide bonds. The second-order valence-corrected chi connectivity index (χ2v) is 7.28. The highest BCUT2D eigenvalue weighted by molar-refractivity contribution is 5.83. The molecule has 0 aliphatic carbocycles. The number of benzene rings is 3. The zero-order valence-corrected chi connectivity index (χ0v) is 15.9. The highest BCUT2D eigenvalue weighted by Crippen LogP contribution is 2.21. The SMILES string of the molecule is Oc1ccc(N2CCN(C[C@@H](O)COc3ccc4ccccc4c3)CC2)cc1. The summed E-state index contributed by atoms with van der Waals surface area (Å²) in [5, 5.41) is 22.1. The van der Waals surface area contributed by atoms with E-state index in [2.05, 4.69) is 21.9 Å². The summed E-state index contributed by atoms with van der Waals surface area (Å²) >= 11 is 0. The van der Waals surface area contributed by atoms with E-state index in [1.54, 1.807) is 12.1 Å². The number of aromatic hydroxyl groups is 1. The van der Waals surface area contributed by atoms with Gasteiger partial charge in [-0.15, -0.1) is 0 Å². The van der Waals surface area contributed by atoms with Crippen LogP contribution in [0.4, 0.5) is 5.69 Å². The molecule has 1 saturated heterocycles. The Kier molecular flexibility index (Phi) is 5.65. The molecule has 5 heteroatoms. The third-order valence-electron chi connectivity index (χ3n) is 5.22. The summed E-state index contributed by atoms with van der Waals surface area (Å²) in [5.74, 6) is 1.08. The number of fused-ring (bicyclic) bond motifs is 1. The van der Waals surface area contributed by atoms with Gasteiger partial charge in [-0.25, -0.2) is 0 Å². The van der Waals surface area contributed by atoms with Crippen molar-refractivity contribution in [3.63, 3.8) is 0 Å². The number of hydrogen-bond acceptors (Lipinski definition) is 5. The molecule has 28 heavy (non-hydrogen) atoms. The molecule has 4 rings (SSSR count). The number of rotatable bonds is 6. The van der Waals surface area contributed by atoms with Gasteiger partial charge in [-0.1, -0.05) is 30.3 Å². The first-order chi connectivity index (χ1) is 13.7. The molecule has 2 N–H and O–H groups in total. The van der Waals surface area contributed by atoms with Crippen LogP contribution < -0.4 is 9.64 Å². The lowest BCUT2D eigenvalue weighted by atomic mass is 10.1. The first-order valence-corrected chi connectivity index (χ1v) is 9.73. The number of nitrogens with zero attached hydrogens (tertiary/aromatic N) is 2. The maximum atomic E-state index is 10.4. The average molecular weight is 378 g/mol.